The van der Waals surface area contributed by atoms with E-state index in [1.54, 1.807) is 18.7 Å². The van der Waals surface area contributed by atoms with Gasteiger partial charge in [-0.15, -0.1) is 0 Å². The zero-order valence-corrected chi connectivity index (χ0v) is 26.9. The standard InChI is InChI=1S/C33H50N4O5S/c1-4-5-6-7-13-20-28(38)43-22-14-9-12-18-25-29(39)36-33(2,3)32(42)35-26(23-24-16-10-8-11-17-24)31(41)37-21-15-19-27(37)30(40)34-25/h8,10-11,16-17,25-27H,4-7,9,12-15,18-23H2,1-3H3,(H,34,40)(H,35,42)(H,36,39)/t25-,26-,27+/m0/s1. The summed E-state index contributed by atoms with van der Waals surface area (Å²) in [7, 11) is 0. The highest BCUT2D eigenvalue weighted by atomic mass is 32.2. The molecule has 10 heteroatoms. The van der Waals surface area contributed by atoms with E-state index in [9.17, 15) is 24.0 Å². The number of hydrogen-bond acceptors (Lipinski definition) is 6. The molecule has 3 rings (SSSR count). The fourth-order valence-electron chi connectivity index (χ4n) is 5.64. The Kier molecular flexibility index (Phi) is 14.0. The Balaban J connectivity index is 1.59. The monoisotopic (exact) mass is 614 g/mol. The van der Waals surface area contributed by atoms with Crippen LogP contribution in [-0.2, 0) is 30.4 Å². The van der Waals surface area contributed by atoms with Gasteiger partial charge in [0.2, 0.25) is 23.6 Å². The molecule has 0 radical (unpaired) electrons. The number of unbranched alkanes of at least 4 members (excludes halogenated alkanes) is 6. The summed E-state index contributed by atoms with van der Waals surface area (Å²) in [6, 6.07) is 7.06. The van der Waals surface area contributed by atoms with E-state index in [1.165, 1.54) is 31.0 Å². The number of nitrogens with one attached hydrogen (secondary N) is 3. The molecule has 0 unspecified atom stereocenters. The van der Waals surface area contributed by atoms with Crippen molar-refractivity contribution in [1.82, 2.24) is 20.9 Å². The molecule has 0 aromatic heterocycles. The van der Waals surface area contributed by atoms with Crippen LogP contribution in [0.5, 0.6) is 0 Å². The van der Waals surface area contributed by atoms with E-state index in [0.717, 1.165) is 37.0 Å². The molecule has 0 saturated carbocycles. The number of fused-ring (bicyclic) bond motifs is 1. The van der Waals surface area contributed by atoms with Gasteiger partial charge in [-0.2, -0.15) is 0 Å². The first-order valence-electron chi connectivity index (χ1n) is 16.1. The van der Waals surface area contributed by atoms with Crippen LogP contribution in [0.25, 0.3) is 0 Å². The summed E-state index contributed by atoms with van der Waals surface area (Å²) in [6.45, 7) is 5.81. The highest BCUT2D eigenvalue weighted by Crippen LogP contribution is 2.22. The van der Waals surface area contributed by atoms with Crippen LogP contribution in [0.1, 0.15) is 103 Å². The van der Waals surface area contributed by atoms with Crippen molar-refractivity contribution in [2.45, 2.75) is 128 Å². The van der Waals surface area contributed by atoms with Gasteiger partial charge in [0.25, 0.3) is 0 Å². The third-order valence-electron chi connectivity index (χ3n) is 8.25. The van der Waals surface area contributed by atoms with Crippen molar-refractivity contribution >= 4 is 40.5 Å². The molecule has 3 N–H and O–H groups in total. The summed E-state index contributed by atoms with van der Waals surface area (Å²) in [5.74, 6) is -0.759. The fraction of sp³-hybridized carbons (Fsp3) is 0.667. The van der Waals surface area contributed by atoms with Gasteiger partial charge in [0.1, 0.15) is 23.7 Å². The lowest BCUT2D eigenvalue weighted by atomic mass is 9.98. The van der Waals surface area contributed by atoms with Crippen LogP contribution in [0, 0.1) is 0 Å². The van der Waals surface area contributed by atoms with E-state index in [0.29, 0.717) is 38.6 Å². The van der Waals surface area contributed by atoms with Gasteiger partial charge in [0.15, 0.2) is 5.12 Å². The third kappa shape index (κ3) is 11.0. The Morgan fingerprint density at radius 1 is 0.907 bits per heavy atom. The zero-order valence-electron chi connectivity index (χ0n) is 26.1. The number of carbonyl (C=O) groups excluding carboxylic acids is 5. The summed E-state index contributed by atoms with van der Waals surface area (Å²) in [5.41, 5.74) is -0.410. The summed E-state index contributed by atoms with van der Waals surface area (Å²) >= 11 is 1.38. The predicted molar refractivity (Wildman–Crippen MR) is 170 cm³/mol. The van der Waals surface area contributed by atoms with Crippen molar-refractivity contribution in [3.05, 3.63) is 35.9 Å². The van der Waals surface area contributed by atoms with Gasteiger partial charge in [-0.1, -0.05) is 87.5 Å². The number of amides is 4. The Labute approximate surface area is 261 Å². The molecule has 238 valence electrons. The molecule has 2 fully saturated rings. The maximum Gasteiger partial charge on any atom is 0.246 e. The molecule has 0 aliphatic carbocycles. The third-order valence-corrected chi connectivity index (χ3v) is 9.26. The van der Waals surface area contributed by atoms with Crippen LogP contribution >= 0.6 is 11.8 Å². The number of hydrogen-bond donors (Lipinski definition) is 3. The van der Waals surface area contributed by atoms with Crippen LogP contribution in [0.2, 0.25) is 0 Å². The lowest BCUT2D eigenvalue weighted by Crippen LogP contribution is -2.64. The van der Waals surface area contributed by atoms with Gasteiger partial charge in [-0.25, -0.2) is 0 Å². The van der Waals surface area contributed by atoms with Crippen molar-refractivity contribution in [3.63, 3.8) is 0 Å². The van der Waals surface area contributed by atoms with Gasteiger partial charge in [-0.05, 0) is 51.5 Å². The first-order valence-corrected chi connectivity index (χ1v) is 17.0. The van der Waals surface area contributed by atoms with Crippen molar-refractivity contribution in [2.75, 3.05) is 12.3 Å². The van der Waals surface area contributed by atoms with E-state index < -0.39 is 35.5 Å². The van der Waals surface area contributed by atoms with Crippen molar-refractivity contribution in [3.8, 4) is 0 Å². The molecule has 0 bridgehead atoms. The number of nitrogens with zero attached hydrogens (tertiary/aromatic N) is 1. The zero-order chi connectivity index (χ0) is 31.2. The number of carbonyl (C=O) groups is 5. The van der Waals surface area contributed by atoms with Crippen molar-refractivity contribution in [1.29, 1.82) is 0 Å². The second-order valence-electron chi connectivity index (χ2n) is 12.3. The molecule has 1 aromatic carbocycles. The lowest BCUT2D eigenvalue weighted by molar-refractivity contribution is -0.144. The molecular weight excluding hydrogens is 564 g/mol. The Morgan fingerprint density at radius 3 is 2.37 bits per heavy atom. The Bertz CT molecular complexity index is 1100. The van der Waals surface area contributed by atoms with Crippen LogP contribution in [0.3, 0.4) is 0 Å². The van der Waals surface area contributed by atoms with E-state index in [1.807, 2.05) is 30.3 Å². The molecule has 4 amide bonds. The normalized spacial score (nSPS) is 22.6. The summed E-state index contributed by atoms with van der Waals surface area (Å²) in [4.78, 5) is 67.7. The largest absolute Gasteiger partial charge is 0.343 e. The van der Waals surface area contributed by atoms with Gasteiger partial charge >= 0.3 is 0 Å². The topological polar surface area (TPSA) is 125 Å². The molecular formula is C33H50N4O5S. The first kappa shape index (κ1) is 34.6. The minimum absolute atomic E-state index is 0.240. The molecule has 2 aliphatic heterocycles. The molecule has 0 spiro atoms. The summed E-state index contributed by atoms with van der Waals surface area (Å²) in [5, 5.41) is 8.83. The van der Waals surface area contributed by atoms with Crippen LogP contribution in [0.4, 0.5) is 0 Å². The smallest absolute Gasteiger partial charge is 0.246 e. The maximum absolute atomic E-state index is 13.7. The Morgan fingerprint density at radius 2 is 1.63 bits per heavy atom. The van der Waals surface area contributed by atoms with E-state index >= 15 is 0 Å². The molecule has 2 aliphatic rings. The molecule has 9 nitrogen and oxygen atoms in total. The van der Waals surface area contributed by atoms with Gasteiger partial charge < -0.3 is 20.9 Å². The molecule has 3 atom stereocenters. The van der Waals surface area contributed by atoms with Gasteiger partial charge in [-0.3, -0.25) is 24.0 Å². The molecule has 2 saturated heterocycles. The average Bonchev–Trinajstić information content (AvgIpc) is 3.47. The van der Waals surface area contributed by atoms with E-state index in [2.05, 4.69) is 22.9 Å². The van der Waals surface area contributed by atoms with Gasteiger partial charge in [0, 0.05) is 25.1 Å². The average molecular weight is 615 g/mol. The quantitative estimate of drug-likeness (QED) is 0.269. The van der Waals surface area contributed by atoms with Crippen molar-refractivity contribution in [2.24, 2.45) is 0 Å². The molecule has 2 heterocycles. The predicted octanol–water partition coefficient (Wildman–Crippen LogP) is 4.28. The number of rotatable bonds is 14. The van der Waals surface area contributed by atoms with Crippen LogP contribution in [0.15, 0.2) is 30.3 Å². The highest BCUT2D eigenvalue weighted by molar-refractivity contribution is 8.13. The molecule has 43 heavy (non-hydrogen) atoms. The van der Waals surface area contributed by atoms with E-state index in [4.69, 9.17) is 0 Å². The summed E-state index contributed by atoms with van der Waals surface area (Å²) in [6.07, 6.45) is 10.5. The first-order chi connectivity index (χ1) is 20.6. The van der Waals surface area contributed by atoms with E-state index in [-0.39, 0.29) is 23.4 Å². The number of thioether (sulfide) groups is 1. The SMILES string of the molecule is CCCCCCCC(=O)SCCCCC[C@@H]1NC(=O)[C@H]2CCCN2C(=O)[C@H](Cc2ccccc2)NC(=O)C(C)(C)NC1=O. The van der Waals surface area contributed by atoms with Crippen LogP contribution < -0.4 is 16.0 Å². The van der Waals surface area contributed by atoms with Gasteiger partial charge in [0.05, 0.1) is 0 Å². The number of benzene rings is 1. The summed E-state index contributed by atoms with van der Waals surface area (Å²) < 4.78 is 0. The second kappa shape index (κ2) is 17.4. The second-order valence-corrected chi connectivity index (χ2v) is 13.5. The fourth-order valence-corrected chi connectivity index (χ4v) is 6.50. The lowest BCUT2D eigenvalue weighted by Gasteiger charge is -2.34. The maximum atomic E-state index is 13.7. The Hall–Kier alpha value is -2.88. The minimum Gasteiger partial charge on any atom is -0.343 e. The molecule has 1 aromatic rings. The minimum atomic E-state index is -1.30. The van der Waals surface area contributed by atoms with Crippen LogP contribution in [-0.4, -0.2) is 69.6 Å². The highest BCUT2D eigenvalue weighted by Gasteiger charge is 2.42. The van der Waals surface area contributed by atoms with Crippen molar-refractivity contribution < 1.29 is 24.0 Å².